The van der Waals surface area contributed by atoms with Crippen LogP contribution in [0.2, 0.25) is 5.02 Å². The number of nitrogens with one attached hydrogen (secondary N) is 1. The number of sulfonamides is 1. The molecule has 0 spiro atoms. The standard InChI is InChI=1S/C36H40ClN3O5S/c1-5-27(3)38-36(42)34(22-28-11-7-6-8-12-28)39(24-29-13-9-14-30(37)21-29)35(41)25-40(31-15-10-16-32(23-31)45-4)46(43,44)33-19-17-26(2)18-20-33/h6-21,23,27,34H,5,22,24-25H2,1-4H3,(H,38,42). The van der Waals surface area contributed by atoms with Crippen molar-refractivity contribution in [2.75, 3.05) is 18.0 Å². The predicted molar refractivity (Wildman–Crippen MR) is 183 cm³/mol. The summed E-state index contributed by atoms with van der Waals surface area (Å²) >= 11 is 6.32. The molecule has 0 aliphatic heterocycles. The normalized spacial score (nSPS) is 12.5. The van der Waals surface area contributed by atoms with Crippen LogP contribution in [0.5, 0.6) is 5.75 Å². The van der Waals surface area contributed by atoms with Gasteiger partial charge in [-0.25, -0.2) is 8.42 Å². The molecule has 4 rings (SSSR count). The first kappa shape index (κ1) is 34.5. The molecule has 0 saturated carbocycles. The zero-order chi connectivity index (χ0) is 33.3. The fraction of sp³-hybridized carbons (Fsp3) is 0.278. The third kappa shape index (κ3) is 8.89. The van der Waals surface area contributed by atoms with Crippen LogP contribution in [0.1, 0.15) is 37.0 Å². The Morgan fingerprint density at radius 2 is 1.57 bits per heavy atom. The highest BCUT2D eigenvalue weighted by atomic mass is 35.5. The van der Waals surface area contributed by atoms with E-state index in [2.05, 4.69) is 5.32 Å². The minimum Gasteiger partial charge on any atom is -0.497 e. The average Bonchev–Trinajstić information content (AvgIpc) is 3.05. The van der Waals surface area contributed by atoms with E-state index in [0.29, 0.717) is 22.8 Å². The number of benzene rings is 4. The van der Waals surface area contributed by atoms with Crippen LogP contribution in [0.4, 0.5) is 5.69 Å². The van der Waals surface area contributed by atoms with Gasteiger partial charge in [0, 0.05) is 30.1 Å². The summed E-state index contributed by atoms with van der Waals surface area (Å²) in [5, 5.41) is 3.52. The van der Waals surface area contributed by atoms with Crippen molar-refractivity contribution in [3.63, 3.8) is 0 Å². The molecule has 10 heteroatoms. The zero-order valence-corrected chi connectivity index (χ0v) is 28.1. The van der Waals surface area contributed by atoms with E-state index in [-0.39, 0.29) is 35.5 Å². The van der Waals surface area contributed by atoms with Gasteiger partial charge in [-0.2, -0.15) is 0 Å². The topological polar surface area (TPSA) is 96.0 Å². The molecule has 0 aromatic heterocycles. The lowest BCUT2D eigenvalue weighted by atomic mass is 10.0. The van der Waals surface area contributed by atoms with Crippen molar-refractivity contribution in [2.24, 2.45) is 0 Å². The van der Waals surface area contributed by atoms with E-state index >= 15 is 0 Å². The van der Waals surface area contributed by atoms with Gasteiger partial charge in [0.2, 0.25) is 11.8 Å². The molecule has 0 heterocycles. The number of carbonyl (C=O) groups excluding carboxylic acids is 2. The van der Waals surface area contributed by atoms with Crippen molar-refractivity contribution in [1.29, 1.82) is 0 Å². The Morgan fingerprint density at radius 3 is 2.22 bits per heavy atom. The Kier molecular flexibility index (Phi) is 11.8. The number of halogens is 1. The minimum atomic E-state index is -4.22. The smallest absolute Gasteiger partial charge is 0.264 e. The molecule has 242 valence electrons. The summed E-state index contributed by atoms with van der Waals surface area (Å²) in [7, 11) is -2.74. The number of hydrogen-bond acceptors (Lipinski definition) is 5. The van der Waals surface area contributed by atoms with Crippen LogP contribution in [-0.2, 0) is 32.6 Å². The molecule has 2 amide bonds. The number of methoxy groups -OCH3 is 1. The lowest BCUT2D eigenvalue weighted by molar-refractivity contribution is -0.140. The van der Waals surface area contributed by atoms with Gasteiger partial charge in [-0.1, -0.05) is 84.8 Å². The van der Waals surface area contributed by atoms with Crippen molar-refractivity contribution in [3.8, 4) is 5.75 Å². The van der Waals surface area contributed by atoms with Crippen LogP contribution in [0.3, 0.4) is 0 Å². The molecule has 2 atom stereocenters. The largest absolute Gasteiger partial charge is 0.497 e. The maximum absolute atomic E-state index is 14.6. The molecule has 4 aromatic carbocycles. The van der Waals surface area contributed by atoms with Gasteiger partial charge in [0.15, 0.2) is 0 Å². The van der Waals surface area contributed by atoms with E-state index in [1.54, 1.807) is 54.6 Å². The van der Waals surface area contributed by atoms with Gasteiger partial charge >= 0.3 is 0 Å². The van der Waals surface area contributed by atoms with E-state index in [4.69, 9.17) is 16.3 Å². The van der Waals surface area contributed by atoms with Gasteiger partial charge in [0.05, 0.1) is 17.7 Å². The predicted octanol–water partition coefficient (Wildman–Crippen LogP) is 6.41. The second kappa shape index (κ2) is 15.8. The number of rotatable bonds is 14. The van der Waals surface area contributed by atoms with Crippen LogP contribution in [0.15, 0.2) is 108 Å². The van der Waals surface area contributed by atoms with E-state index in [1.807, 2.05) is 57.2 Å². The van der Waals surface area contributed by atoms with E-state index in [9.17, 15) is 18.0 Å². The quantitative estimate of drug-likeness (QED) is 0.169. The van der Waals surface area contributed by atoms with Crippen LogP contribution in [0.25, 0.3) is 0 Å². The summed E-state index contributed by atoms with van der Waals surface area (Å²) in [6.07, 6.45) is 0.920. The highest BCUT2D eigenvalue weighted by Gasteiger charge is 2.35. The Labute approximate surface area is 277 Å². The molecule has 8 nitrogen and oxygen atoms in total. The number of carbonyl (C=O) groups is 2. The molecule has 46 heavy (non-hydrogen) atoms. The van der Waals surface area contributed by atoms with Gasteiger partial charge in [-0.05, 0) is 67.8 Å². The third-order valence-electron chi connectivity index (χ3n) is 7.74. The zero-order valence-electron chi connectivity index (χ0n) is 26.5. The molecule has 1 N–H and O–H groups in total. The second-order valence-corrected chi connectivity index (χ2v) is 13.5. The number of ether oxygens (including phenoxy) is 1. The first-order chi connectivity index (χ1) is 22.0. The lowest BCUT2D eigenvalue weighted by Gasteiger charge is -2.34. The van der Waals surface area contributed by atoms with Crippen molar-refractivity contribution in [1.82, 2.24) is 10.2 Å². The highest BCUT2D eigenvalue weighted by molar-refractivity contribution is 7.92. The van der Waals surface area contributed by atoms with Crippen LogP contribution in [-0.4, -0.2) is 50.9 Å². The molecular formula is C36H40ClN3O5S. The van der Waals surface area contributed by atoms with Gasteiger partial charge in [0.1, 0.15) is 18.3 Å². The molecule has 0 fully saturated rings. The summed E-state index contributed by atoms with van der Waals surface area (Å²) in [5.41, 5.74) is 2.70. The van der Waals surface area contributed by atoms with Crippen LogP contribution < -0.4 is 14.4 Å². The summed E-state index contributed by atoms with van der Waals surface area (Å²) in [6, 6.07) is 28.4. The Morgan fingerprint density at radius 1 is 0.891 bits per heavy atom. The molecule has 0 aliphatic carbocycles. The Hall–Kier alpha value is -4.34. The summed E-state index contributed by atoms with van der Waals surface area (Å²) in [6.45, 7) is 5.20. The molecular weight excluding hydrogens is 622 g/mol. The van der Waals surface area contributed by atoms with Gasteiger partial charge < -0.3 is 15.0 Å². The van der Waals surface area contributed by atoms with Crippen molar-refractivity contribution >= 4 is 39.1 Å². The van der Waals surface area contributed by atoms with E-state index < -0.39 is 28.5 Å². The number of anilines is 1. The molecule has 4 aromatic rings. The first-order valence-corrected chi connectivity index (χ1v) is 16.9. The molecule has 0 radical (unpaired) electrons. The molecule has 0 aliphatic rings. The molecule has 2 unspecified atom stereocenters. The average molecular weight is 662 g/mol. The maximum atomic E-state index is 14.6. The third-order valence-corrected chi connectivity index (χ3v) is 9.77. The number of aryl methyl sites for hydroxylation is 1. The van der Waals surface area contributed by atoms with Crippen molar-refractivity contribution in [2.45, 2.75) is 57.1 Å². The van der Waals surface area contributed by atoms with Crippen molar-refractivity contribution < 1.29 is 22.7 Å². The van der Waals surface area contributed by atoms with Gasteiger partial charge in [-0.15, -0.1) is 0 Å². The first-order valence-electron chi connectivity index (χ1n) is 15.1. The number of nitrogens with zero attached hydrogens (tertiary/aromatic N) is 2. The number of hydrogen-bond donors (Lipinski definition) is 1. The Bertz CT molecular complexity index is 1730. The van der Waals surface area contributed by atoms with Gasteiger partial charge in [0.25, 0.3) is 10.0 Å². The van der Waals surface area contributed by atoms with Gasteiger partial charge in [-0.3, -0.25) is 13.9 Å². The number of amides is 2. The Balaban J connectivity index is 1.82. The summed E-state index contributed by atoms with van der Waals surface area (Å²) < 4.78 is 34.9. The fourth-order valence-corrected chi connectivity index (χ4v) is 6.58. The highest BCUT2D eigenvalue weighted by Crippen LogP contribution is 2.28. The fourth-order valence-electron chi connectivity index (χ4n) is 4.96. The minimum absolute atomic E-state index is 0.0291. The second-order valence-electron chi connectivity index (χ2n) is 11.2. The summed E-state index contributed by atoms with van der Waals surface area (Å²) in [4.78, 5) is 30.0. The van der Waals surface area contributed by atoms with E-state index in [0.717, 1.165) is 15.4 Å². The summed E-state index contributed by atoms with van der Waals surface area (Å²) in [5.74, 6) is -0.457. The van der Waals surface area contributed by atoms with Crippen LogP contribution in [0, 0.1) is 6.92 Å². The van der Waals surface area contributed by atoms with Crippen molar-refractivity contribution in [3.05, 3.63) is 125 Å². The SMILES string of the molecule is CCC(C)NC(=O)C(Cc1ccccc1)N(Cc1cccc(Cl)c1)C(=O)CN(c1cccc(OC)c1)S(=O)(=O)c1ccc(C)cc1. The monoisotopic (exact) mass is 661 g/mol. The molecule has 0 bridgehead atoms. The lowest BCUT2D eigenvalue weighted by Crippen LogP contribution is -2.54. The van der Waals surface area contributed by atoms with Crippen LogP contribution >= 0.6 is 11.6 Å². The maximum Gasteiger partial charge on any atom is 0.264 e. The van der Waals surface area contributed by atoms with E-state index in [1.165, 1.54) is 24.1 Å². The molecule has 0 saturated heterocycles.